The number of carbonyl (C=O) groups excluding carboxylic acids is 2. The number of aryl methyl sites for hydroxylation is 1. The minimum Gasteiger partial charge on any atom is -0.347 e. The number of nitro benzene ring substituents is 1. The molecule has 1 N–H and O–H groups in total. The van der Waals surface area contributed by atoms with Crippen molar-refractivity contribution < 1.29 is 27.7 Å². The first-order valence-electron chi connectivity index (χ1n) is 6.98. The number of carbonyl (C=O) groups is 2. The highest BCUT2D eigenvalue weighted by molar-refractivity contribution is 6.00. The standard InChI is InChI=1S/C14H14F3N3O4/c1-8-3-2-4-10(20(23)24)12(8)13(22)18-9-5-11(21)19(6-9)7-14(15,16)17/h2-4,9H,5-7H2,1H3,(H,18,22)/t9-/m1/s1. The molecule has 10 heteroatoms. The zero-order chi connectivity index (χ0) is 18.1. The summed E-state index contributed by atoms with van der Waals surface area (Å²) in [5.74, 6) is -1.51. The second kappa shape index (κ2) is 6.46. The first-order chi connectivity index (χ1) is 11.1. The van der Waals surface area contributed by atoms with Crippen LogP contribution >= 0.6 is 0 Å². The van der Waals surface area contributed by atoms with Crippen LogP contribution in [0.4, 0.5) is 18.9 Å². The molecule has 2 amide bonds. The van der Waals surface area contributed by atoms with Gasteiger partial charge in [0, 0.05) is 19.0 Å². The summed E-state index contributed by atoms with van der Waals surface area (Å²) in [7, 11) is 0. The lowest BCUT2D eigenvalue weighted by atomic mass is 10.1. The van der Waals surface area contributed by atoms with Gasteiger partial charge in [-0.1, -0.05) is 12.1 Å². The lowest BCUT2D eigenvalue weighted by Gasteiger charge is -2.18. The molecule has 1 fully saturated rings. The molecule has 130 valence electrons. The summed E-state index contributed by atoms with van der Waals surface area (Å²) in [4.78, 5) is 34.8. The van der Waals surface area contributed by atoms with Crippen molar-refractivity contribution in [1.82, 2.24) is 10.2 Å². The largest absolute Gasteiger partial charge is 0.406 e. The Balaban J connectivity index is 2.12. The van der Waals surface area contributed by atoms with E-state index in [4.69, 9.17) is 0 Å². The van der Waals surface area contributed by atoms with E-state index in [1.54, 1.807) is 0 Å². The van der Waals surface area contributed by atoms with Gasteiger partial charge < -0.3 is 10.2 Å². The number of nitrogens with zero attached hydrogens (tertiary/aromatic N) is 2. The van der Waals surface area contributed by atoms with E-state index in [1.165, 1.54) is 19.1 Å². The molecule has 1 aliphatic rings. The monoisotopic (exact) mass is 345 g/mol. The first-order valence-corrected chi connectivity index (χ1v) is 6.98. The van der Waals surface area contributed by atoms with E-state index in [-0.39, 0.29) is 18.5 Å². The molecule has 1 aromatic carbocycles. The summed E-state index contributed by atoms with van der Waals surface area (Å²) in [5, 5.41) is 13.4. The van der Waals surface area contributed by atoms with Gasteiger partial charge in [-0.15, -0.1) is 0 Å². The van der Waals surface area contributed by atoms with Gasteiger partial charge in [-0.25, -0.2) is 0 Å². The number of nitrogens with one attached hydrogen (secondary N) is 1. The summed E-state index contributed by atoms with van der Waals surface area (Å²) in [5.41, 5.74) is -0.202. The highest BCUT2D eigenvalue weighted by Crippen LogP contribution is 2.24. The average Bonchev–Trinajstić information content (AvgIpc) is 2.75. The minimum atomic E-state index is -4.52. The number of benzene rings is 1. The number of nitro groups is 1. The van der Waals surface area contributed by atoms with Gasteiger partial charge in [0.1, 0.15) is 12.1 Å². The van der Waals surface area contributed by atoms with Crippen molar-refractivity contribution in [3.8, 4) is 0 Å². The van der Waals surface area contributed by atoms with E-state index in [0.717, 1.165) is 6.07 Å². The van der Waals surface area contributed by atoms with Crippen molar-refractivity contribution in [2.45, 2.75) is 25.6 Å². The van der Waals surface area contributed by atoms with E-state index >= 15 is 0 Å². The number of rotatable bonds is 4. The summed E-state index contributed by atoms with van der Waals surface area (Å²) in [6.07, 6.45) is -4.80. The summed E-state index contributed by atoms with van der Waals surface area (Å²) in [6.45, 7) is -0.163. The predicted octanol–water partition coefficient (Wildman–Crippen LogP) is 1.80. The van der Waals surface area contributed by atoms with Crippen molar-refractivity contribution >= 4 is 17.5 Å². The van der Waals surface area contributed by atoms with Crippen LogP contribution in [-0.4, -0.2) is 46.9 Å². The summed E-state index contributed by atoms with van der Waals surface area (Å²) < 4.78 is 37.1. The molecule has 1 atom stereocenters. The zero-order valence-electron chi connectivity index (χ0n) is 12.6. The zero-order valence-corrected chi connectivity index (χ0v) is 12.6. The fourth-order valence-electron chi connectivity index (χ4n) is 2.60. The van der Waals surface area contributed by atoms with E-state index in [2.05, 4.69) is 5.32 Å². The molecule has 0 saturated carbocycles. The molecule has 0 aliphatic carbocycles. The molecule has 0 spiro atoms. The molecule has 0 bridgehead atoms. The molecular formula is C14H14F3N3O4. The number of likely N-dealkylation sites (tertiary alicyclic amines) is 1. The van der Waals surface area contributed by atoms with E-state index in [1.807, 2.05) is 0 Å². The van der Waals surface area contributed by atoms with E-state index in [0.29, 0.717) is 10.5 Å². The van der Waals surface area contributed by atoms with Gasteiger partial charge in [0.2, 0.25) is 5.91 Å². The lowest BCUT2D eigenvalue weighted by Crippen LogP contribution is -2.40. The number of hydrogen-bond donors (Lipinski definition) is 1. The fourth-order valence-corrected chi connectivity index (χ4v) is 2.60. The van der Waals surface area contributed by atoms with Gasteiger partial charge in [-0.2, -0.15) is 13.2 Å². The van der Waals surface area contributed by atoms with Crippen LogP contribution in [0, 0.1) is 17.0 Å². The molecule has 7 nitrogen and oxygen atoms in total. The van der Waals surface area contributed by atoms with E-state index < -0.39 is 41.2 Å². The number of amides is 2. The minimum absolute atomic E-state index is 0.163. The van der Waals surface area contributed by atoms with E-state index in [9.17, 15) is 32.9 Å². The third-order valence-electron chi connectivity index (χ3n) is 3.59. The maximum Gasteiger partial charge on any atom is 0.406 e. The predicted molar refractivity (Wildman–Crippen MR) is 76.3 cm³/mol. The Morgan fingerprint density at radius 2 is 2.12 bits per heavy atom. The molecule has 1 saturated heterocycles. The Bertz CT molecular complexity index is 690. The smallest absolute Gasteiger partial charge is 0.347 e. The molecular weight excluding hydrogens is 331 g/mol. The van der Waals surface area contributed by atoms with Crippen molar-refractivity contribution in [2.24, 2.45) is 0 Å². The van der Waals surface area contributed by atoms with Gasteiger partial charge >= 0.3 is 6.18 Å². The highest BCUT2D eigenvalue weighted by Gasteiger charge is 2.39. The Labute approximate surface area is 134 Å². The van der Waals surface area contributed by atoms with Crippen LogP contribution in [0.25, 0.3) is 0 Å². The van der Waals surface area contributed by atoms with Gasteiger partial charge in [-0.3, -0.25) is 19.7 Å². The Morgan fingerprint density at radius 3 is 2.71 bits per heavy atom. The maximum atomic E-state index is 12.4. The van der Waals surface area contributed by atoms with Crippen LogP contribution in [0.15, 0.2) is 18.2 Å². The van der Waals surface area contributed by atoms with Crippen LogP contribution in [-0.2, 0) is 4.79 Å². The van der Waals surface area contributed by atoms with Crippen molar-refractivity contribution in [1.29, 1.82) is 0 Å². The quantitative estimate of drug-likeness (QED) is 0.665. The van der Waals surface area contributed by atoms with Gasteiger partial charge in [0.15, 0.2) is 0 Å². The molecule has 1 aliphatic heterocycles. The third kappa shape index (κ3) is 4.00. The Morgan fingerprint density at radius 1 is 1.46 bits per heavy atom. The number of hydrogen-bond acceptors (Lipinski definition) is 4. The molecule has 1 heterocycles. The van der Waals surface area contributed by atoms with Gasteiger partial charge in [0.05, 0.1) is 11.0 Å². The summed E-state index contributed by atoms with van der Waals surface area (Å²) >= 11 is 0. The molecule has 2 rings (SSSR count). The third-order valence-corrected chi connectivity index (χ3v) is 3.59. The topological polar surface area (TPSA) is 92.5 Å². The van der Waals surface area contributed by atoms with Crippen molar-refractivity contribution in [2.75, 3.05) is 13.1 Å². The number of halogens is 3. The van der Waals surface area contributed by atoms with Crippen LogP contribution in [0.5, 0.6) is 0 Å². The Hall–Kier alpha value is -2.65. The average molecular weight is 345 g/mol. The fraction of sp³-hybridized carbons (Fsp3) is 0.429. The number of alkyl halides is 3. The van der Waals surface area contributed by atoms with Crippen LogP contribution in [0.1, 0.15) is 22.3 Å². The second-order valence-corrected chi connectivity index (χ2v) is 5.49. The van der Waals surface area contributed by atoms with Crippen molar-refractivity contribution in [3.05, 3.63) is 39.4 Å². The maximum absolute atomic E-state index is 12.4. The SMILES string of the molecule is Cc1cccc([N+](=O)[O-])c1C(=O)N[C@@H]1CC(=O)N(CC(F)(F)F)C1. The van der Waals surface area contributed by atoms with Crippen LogP contribution < -0.4 is 5.32 Å². The Kier molecular flexibility index (Phi) is 4.76. The second-order valence-electron chi connectivity index (χ2n) is 5.49. The highest BCUT2D eigenvalue weighted by atomic mass is 19.4. The molecule has 1 aromatic rings. The molecule has 24 heavy (non-hydrogen) atoms. The van der Waals surface area contributed by atoms with Crippen LogP contribution in [0.2, 0.25) is 0 Å². The lowest BCUT2D eigenvalue weighted by molar-refractivity contribution is -0.385. The van der Waals surface area contributed by atoms with Gasteiger partial charge in [-0.05, 0) is 12.5 Å². The summed E-state index contributed by atoms with van der Waals surface area (Å²) in [6, 6.07) is 3.27. The normalized spacial score (nSPS) is 17.9. The molecule has 0 radical (unpaired) electrons. The molecule has 0 aromatic heterocycles. The van der Waals surface area contributed by atoms with Crippen LogP contribution in [0.3, 0.4) is 0 Å². The molecule has 0 unspecified atom stereocenters. The van der Waals surface area contributed by atoms with Crippen molar-refractivity contribution in [3.63, 3.8) is 0 Å². The van der Waals surface area contributed by atoms with Gasteiger partial charge in [0.25, 0.3) is 11.6 Å². The first kappa shape index (κ1) is 17.7.